The molecule has 0 aliphatic carbocycles. The summed E-state index contributed by atoms with van der Waals surface area (Å²) in [7, 11) is 0. The number of hydrogen-bond acceptors (Lipinski definition) is 4. The number of aromatic nitrogens is 3. The number of carbonyl (C=O) groups excluding carboxylic acids is 1. The number of fused-ring (bicyclic) bond motifs is 1. The van der Waals surface area contributed by atoms with Gasteiger partial charge in [-0.1, -0.05) is 11.6 Å². The molecule has 0 spiro atoms. The van der Waals surface area contributed by atoms with Gasteiger partial charge >= 0.3 is 0 Å². The molecule has 0 saturated carbocycles. The van der Waals surface area contributed by atoms with E-state index in [0.717, 1.165) is 39.4 Å². The lowest BCUT2D eigenvalue weighted by Gasteiger charge is -2.10. The minimum atomic E-state index is -0.0922. The molecule has 1 aromatic carbocycles. The molecule has 5 heteroatoms. The van der Waals surface area contributed by atoms with Gasteiger partial charge in [0.1, 0.15) is 5.82 Å². The van der Waals surface area contributed by atoms with Crippen molar-refractivity contribution in [1.82, 2.24) is 20.3 Å². The van der Waals surface area contributed by atoms with Gasteiger partial charge in [0.15, 0.2) is 0 Å². The Hall–Kier alpha value is -2.82. The molecule has 128 valence electrons. The van der Waals surface area contributed by atoms with E-state index in [1.54, 1.807) is 0 Å². The topological polar surface area (TPSA) is 67.8 Å². The van der Waals surface area contributed by atoms with Crippen molar-refractivity contribution >= 4 is 16.8 Å². The first-order valence-corrected chi connectivity index (χ1v) is 8.40. The van der Waals surface area contributed by atoms with Crippen LogP contribution < -0.4 is 5.32 Å². The van der Waals surface area contributed by atoms with Gasteiger partial charge in [-0.05, 0) is 52.0 Å². The average Bonchev–Trinajstić information content (AvgIpc) is 2.53. The lowest BCUT2D eigenvalue weighted by Crippen LogP contribution is -2.26. The maximum atomic E-state index is 12.7. The van der Waals surface area contributed by atoms with Gasteiger partial charge in [-0.3, -0.25) is 9.78 Å². The molecule has 0 bridgehead atoms. The molecule has 0 aliphatic rings. The van der Waals surface area contributed by atoms with Crippen LogP contribution in [0.4, 0.5) is 0 Å². The van der Waals surface area contributed by atoms with Crippen molar-refractivity contribution in [2.24, 2.45) is 0 Å². The fourth-order valence-electron chi connectivity index (χ4n) is 2.95. The number of nitrogens with one attached hydrogen (secondary N) is 1. The summed E-state index contributed by atoms with van der Waals surface area (Å²) < 4.78 is 0. The van der Waals surface area contributed by atoms with Gasteiger partial charge in [0.05, 0.1) is 11.1 Å². The van der Waals surface area contributed by atoms with E-state index in [0.29, 0.717) is 18.5 Å². The summed E-state index contributed by atoms with van der Waals surface area (Å²) in [5.74, 6) is 0.662. The highest BCUT2D eigenvalue weighted by atomic mass is 16.1. The summed E-state index contributed by atoms with van der Waals surface area (Å²) in [6, 6.07) is 9.75. The van der Waals surface area contributed by atoms with E-state index in [1.807, 2.05) is 58.0 Å². The van der Waals surface area contributed by atoms with Gasteiger partial charge in [-0.25, -0.2) is 9.97 Å². The molecule has 3 aromatic rings. The molecule has 0 fully saturated rings. The van der Waals surface area contributed by atoms with Gasteiger partial charge in [0.25, 0.3) is 5.91 Å². The third kappa shape index (κ3) is 3.99. The second kappa shape index (κ2) is 6.97. The van der Waals surface area contributed by atoms with Crippen LogP contribution in [0.15, 0.2) is 30.3 Å². The third-order valence-electron chi connectivity index (χ3n) is 4.00. The summed E-state index contributed by atoms with van der Waals surface area (Å²) in [6.07, 6.45) is 0.606. The molecular weight excluding hydrogens is 312 g/mol. The lowest BCUT2D eigenvalue weighted by atomic mass is 10.0. The SMILES string of the molecule is Cc1ccc2nc(C)cc(C(=O)NCCc3nc(C)cc(C)n3)c2c1. The van der Waals surface area contributed by atoms with E-state index in [-0.39, 0.29) is 5.91 Å². The van der Waals surface area contributed by atoms with Crippen LogP contribution in [-0.2, 0) is 6.42 Å². The standard InChI is InChI=1S/C20H22N4O/c1-12-5-6-18-16(9-12)17(11-15(4)22-18)20(25)21-8-7-19-23-13(2)10-14(3)24-19/h5-6,9-11H,7-8H2,1-4H3,(H,21,25). The summed E-state index contributed by atoms with van der Waals surface area (Å²) >= 11 is 0. The normalized spacial score (nSPS) is 10.9. The van der Waals surface area contributed by atoms with Crippen LogP contribution in [-0.4, -0.2) is 27.4 Å². The molecule has 2 aromatic heterocycles. The number of hydrogen-bond donors (Lipinski definition) is 1. The fourth-order valence-corrected chi connectivity index (χ4v) is 2.95. The second-order valence-corrected chi connectivity index (χ2v) is 6.40. The van der Waals surface area contributed by atoms with E-state index < -0.39 is 0 Å². The fraction of sp³-hybridized carbons (Fsp3) is 0.300. The summed E-state index contributed by atoms with van der Waals surface area (Å²) in [5.41, 5.74) is 5.33. The van der Waals surface area contributed by atoms with E-state index in [4.69, 9.17) is 0 Å². The predicted molar refractivity (Wildman–Crippen MR) is 98.8 cm³/mol. The Bertz CT molecular complexity index is 930. The van der Waals surface area contributed by atoms with Gasteiger partial charge in [0.2, 0.25) is 0 Å². The van der Waals surface area contributed by atoms with Crippen molar-refractivity contribution in [2.75, 3.05) is 6.54 Å². The zero-order valence-electron chi connectivity index (χ0n) is 15.1. The monoisotopic (exact) mass is 334 g/mol. The van der Waals surface area contributed by atoms with Crippen LogP contribution >= 0.6 is 0 Å². The predicted octanol–water partition coefficient (Wildman–Crippen LogP) is 3.23. The van der Waals surface area contributed by atoms with Crippen molar-refractivity contribution < 1.29 is 4.79 Å². The van der Waals surface area contributed by atoms with Crippen LogP contribution in [0.5, 0.6) is 0 Å². The first-order chi connectivity index (χ1) is 11.9. The van der Waals surface area contributed by atoms with Gasteiger partial charge < -0.3 is 5.32 Å². The van der Waals surface area contributed by atoms with Crippen molar-refractivity contribution in [3.63, 3.8) is 0 Å². The molecule has 3 rings (SSSR count). The van der Waals surface area contributed by atoms with Crippen LogP contribution in [0.3, 0.4) is 0 Å². The number of benzene rings is 1. The molecule has 2 heterocycles. The maximum absolute atomic E-state index is 12.7. The Balaban J connectivity index is 1.77. The summed E-state index contributed by atoms with van der Waals surface area (Å²) in [5, 5.41) is 3.86. The number of amides is 1. The zero-order valence-corrected chi connectivity index (χ0v) is 15.1. The summed E-state index contributed by atoms with van der Waals surface area (Å²) in [4.78, 5) is 26.0. The zero-order chi connectivity index (χ0) is 18.0. The van der Waals surface area contributed by atoms with Crippen LogP contribution in [0.25, 0.3) is 10.9 Å². The first kappa shape index (κ1) is 17.0. The molecule has 1 N–H and O–H groups in total. The minimum Gasteiger partial charge on any atom is -0.352 e. The average molecular weight is 334 g/mol. The first-order valence-electron chi connectivity index (χ1n) is 8.40. The van der Waals surface area contributed by atoms with Gasteiger partial charge in [-0.15, -0.1) is 0 Å². The van der Waals surface area contributed by atoms with E-state index in [1.165, 1.54) is 0 Å². The molecule has 0 atom stereocenters. The molecule has 0 aliphatic heterocycles. The molecule has 1 amide bonds. The van der Waals surface area contributed by atoms with E-state index in [2.05, 4.69) is 20.3 Å². The number of carbonyl (C=O) groups is 1. The summed E-state index contributed by atoms with van der Waals surface area (Å²) in [6.45, 7) is 8.31. The van der Waals surface area contributed by atoms with Crippen molar-refractivity contribution in [2.45, 2.75) is 34.1 Å². The Morgan fingerprint density at radius 3 is 2.32 bits per heavy atom. The molecule has 0 saturated heterocycles. The molecular formula is C20H22N4O. The van der Waals surface area contributed by atoms with Gasteiger partial charge in [-0.2, -0.15) is 0 Å². The number of rotatable bonds is 4. The number of pyridine rings is 1. The Kier molecular flexibility index (Phi) is 4.74. The highest BCUT2D eigenvalue weighted by Gasteiger charge is 2.12. The van der Waals surface area contributed by atoms with Crippen LogP contribution in [0.1, 0.15) is 38.8 Å². The highest BCUT2D eigenvalue weighted by molar-refractivity contribution is 6.06. The largest absolute Gasteiger partial charge is 0.352 e. The molecule has 0 radical (unpaired) electrons. The lowest BCUT2D eigenvalue weighted by molar-refractivity contribution is 0.0955. The van der Waals surface area contributed by atoms with Crippen molar-refractivity contribution in [1.29, 1.82) is 0 Å². The Morgan fingerprint density at radius 1 is 0.920 bits per heavy atom. The number of nitrogens with zero attached hydrogens (tertiary/aromatic N) is 3. The van der Waals surface area contributed by atoms with E-state index >= 15 is 0 Å². The Labute approximate surface area is 147 Å². The van der Waals surface area contributed by atoms with Crippen LogP contribution in [0.2, 0.25) is 0 Å². The smallest absolute Gasteiger partial charge is 0.252 e. The maximum Gasteiger partial charge on any atom is 0.252 e. The highest BCUT2D eigenvalue weighted by Crippen LogP contribution is 2.20. The second-order valence-electron chi connectivity index (χ2n) is 6.40. The molecule has 25 heavy (non-hydrogen) atoms. The molecule has 5 nitrogen and oxygen atoms in total. The quantitative estimate of drug-likeness (QED) is 0.795. The molecule has 0 unspecified atom stereocenters. The van der Waals surface area contributed by atoms with E-state index in [9.17, 15) is 4.79 Å². The third-order valence-corrected chi connectivity index (χ3v) is 4.00. The van der Waals surface area contributed by atoms with Gasteiger partial charge in [0, 0.05) is 35.4 Å². The van der Waals surface area contributed by atoms with Crippen molar-refractivity contribution in [3.05, 3.63) is 64.4 Å². The minimum absolute atomic E-state index is 0.0922. The van der Waals surface area contributed by atoms with Crippen LogP contribution in [0, 0.1) is 27.7 Å². The van der Waals surface area contributed by atoms with Crippen molar-refractivity contribution in [3.8, 4) is 0 Å². The number of aryl methyl sites for hydroxylation is 4. The Morgan fingerprint density at radius 2 is 1.60 bits per heavy atom.